The molecule has 2 fully saturated rings. The van der Waals surface area contributed by atoms with Crippen molar-refractivity contribution in [2.75, 3.05) is 6.61 Å². The largest absolute Gasteiger partial charge is 0.481 e. The molecule has 1 aliphatic carbocycles. The first-order valence-electron chi connectivity index (χ1n) is 38.7. The highest BCUT2D eigenvalue weighted by atomic mass is 28.4. The van der Waals surface area contributed by atoms with Crippen LogP contribution in [0.5, 0.6) is 0 Å². The average molecular weight is 1530 g/mol. The quantitative estimate of drug-likeness (QED) is 0.0262. The highest BCUT2D eigenvalue weighted by Crippen LogP contribution is 2.45. The molecule has 0 aromatic heterocycles. The summed E-state index contributed by atoms with van der Waals surface area (Å²) in [6, 6.07) is 15.5. The van der Waals surface area contributed by atoms with Gasteiger partial charge in [0, 0.05) is 18.8 Å². The van der Waals surface area contributed by atoms with Crippen LogP contribution in [0.1, 0.15) is 268 Å². The summed E-state index contributed by atoms with van der Waals surface area (Å²) in [4.78, 5) is 94.9. The summed E-state index contributed by atoms with van der Waals surface area (Å²) < 4.78 is 45.6. The zero-order valence-electron chi connectivity index (χ0n) is 71.0. The minimum absolute atomic E-state index is 0.0218. The fraction of sp³-hybridized carbons (Fsp3) is 0.756. The predicted molar refractivity (Wildman–Crippen MR) is 426 cm³/mol. The van der Waals surface area contributed by atoms with E-state index in [1.165, 1.54) is 11.1 Å². The molecule has 3 aliphatic rings. The highest BCUT2D eigenvalue weighted by molar-refractivity contribution is 6.74. The lowest BCUT2D eigenvalue weighted by atomic mass is 9.93. The van der Waals surface area contributed by atoms with E-state index in [1.54, 1.807) is 13.8 Å². The molecule has 22 nitrogen and oxygen atoms in total. The van der Waals surface area contributed by atoms with E-state index in [1.807, 2.05) is 100 Å². The van der Waals surface area contributed by atoms with Gasteiger partial charge in [-0.15, -0.1) is 0 Å². The maximum atomic E-state index is 13.2. The van der Waals surface area contributed by atoms with Gasteiger partial charge >= 0.3 is 48.3 Å². The number of carboxylic acids is 2. The molecular weight excluding hydrogens is 1390 g/mol. The van der Waals surface area contributed by atoms with Crippen molar-refractivity contribution in [3.8, 4) is 11.1 Å². The Morgan fingerprint density at radius 2 is 0.745 bits per heavy atom. The van der Waals surface area contributed by atoms with Gasteiger partial charge in [-0.05, 0) is 196 Å². The third kappa shape index (κ3) is 36.8. The van der Waals surface area contributed by atoms with Crippen LogP contribution in [0.4, 0.5) is 19.2 Å². The third-order valence-corrected chi connectivity index (χ3v) is 27.8. The van der Waals surface area contributed by atoms with Gasteiger partial charge in [0.05, 0.1) is 48.2 Å². The minimum atomic E-state index is -2.24. The zero-order chi connectivity index (χ0) is 82.0. The number of rotatable bonds is 28. The van der Waals surface area contributed by atoms with E-state index in [0.29, 0.717) is 69.1 Å². The molecule has 2 aromatic rings. The second-order valence-electron chi connectivity index (χ2n) is 36.3. The predicted octanol–water partition coefficient (Wildman–Crippen LogP) is 19.2. The second-order valence-corrected chi connectivity index (χ2v) is 45.8. The molecule has 2 aromatic carbocycles. The molecule has 0 spiro atoms. The number of carbonyl (C=O) groups is 8. The first-order chi connectivity index (χ1) is 48.4. The van der Waals surface area contributed by atoms with Crippen LogP contribution in [-0.4, -0.2) is 147 Å². The van der Waals surface area contributed by atoms with Crippen LogP contribution in [-0.2, 0) is 56.5 Å². The summed E-state index contributed by atoms with van der Waals surface area (Å²) in [6.45, 7) is 62.1. The van der Waals surface area contributed by atoms with Gasteiger partial charge in [-0.25, -0.2) is 19.2 Å². The average Bonchev–Trinajstić information content (AvgIpc) is 1.61. The first-order valence-corrected chi connectivity index (χ1v) is 44.5. The molecular formula is C82H144N4O18Si2. The summed E-state index contributed by atoms with van der Waals surface area (Å²) in [7, 11) is -4.40. The minimum Gasteiger partial charge on any atom is -0.481 e. The van der Waals surface area contributed by atoms with Gasteiger partial charge in [-0.3, -0.25) is 19.2 Å². The summed E-state index contributed by atoms with van der Waals surface area (Å²) in [5.41, 5.74) is 3.03. The molecule has 6 N–H and O–H groups in total. The van der Waals surface area contributed by atoms with Crippen LogP contribution in [0, 0.1) is 35.5 Å². The van der Waals surface area contributed by atoms with Crippen molar-refractivity contribution in [2.45, 2.75) is 359 Å². The fourth-order valence-electron chi connectivity index (χ4n) is 11.7. The maximum absolute atomic E-state index is 13.2. The van der Waals surface area contributed by atoms with Gasteiger partial charge in [0.15, 0.2) is 16.6 Å². The van der Waals surface area contributed by atoms with Crippen LogP contribution in [0.2, 0.25) is 36.3 Å². The van der Waals surface area contributed by atoms with Crippen molar-refractivity contribution in [1.29, 1.82) is 0 Å². The molecule has 0 bridgehead atoms. The van der Waals surface area contributed by atoms with E-state index in [0.717, 1.165) is 24.0 Å². The van der Waals surface area contributed by atoms with Gasteiger partial charge in [0.2, 0.25) is 0 Å². The molecule has 5 rings (SSSR count). The molecule has 106 heavy (non-hydrogen) atoms. The van der Waals surface area contributed by atoms with E-state index < -0.39 is 87.7 Å². The monoisotopic (exact) mass is 1530 g/mol. The molecule has 2 aliphatic heterocycles. The summed E-state index contributed by atoms with van der Waals surface area (Å²) in [5.74, 6) is -1.89. The summed E-state index contributed by atoms with van der Waals surface area (Å²) in [5, 5.41) is 30.7. The lowest BCUT2D eigenvalue weighted by molar-refractivity contribution is -0.143. The number of alkyl carbamates (subject to hydrolysis) is 4. The Balaban J connectivity index is 0.000000732. The second kappa shape index (κ2) is 43.2. The van der Waals surface area contributed by atoms with Crippen molar-refractivity contribution in [2.24, 2.45) is 35.5 Å². The van der Waals surface area contributed by atoms with Crippen LogP contribution in [0.15, 0.2) is 48.5 Å². The Morgan fingerprint density at radius 1 is 0.453 bits per heavy atom. The number of esters is 2. The fourth-order valence-corrected chi connectivity index (χ4v) is 14.4. The number of hydrogen-bond donors (Lipinski definition) is 6. The van der Waals surface area contributed by atoms with Gasteiger partial charge in [0.25, 0.3) is 0 Å². The van der Waals surface area contributed by atoms with Crippen LogP contribution in [0.25, 0.3) is 11.1 Å². The van der Waals surface area contributed by atoms with Crippen molar-refractivity contribution >= 4 is 64.9 Å². The van der Waals surface area contributed by atoms with Gasteiger partial charge in [0.1, 0.15) is 35.6 Å². The highest BCUT2D eigenvalue weighted by Gasteiger charge is 2.45. The normalized spacial score (nSPS) is 17.7. The Kier molecular flexibility index (Phi) is 39.9. The van der Waals surface area contributed by atoms with Crippen LogP contribution in [0.3, 0.4) is 0 Å². The third-order valence-electron chi connectivity index (χ3n) is 18.8. The number of amides is 4. The number of hydrogen-bond acceptors (Lipinski definition) is 16. The number of fused-ring (bicyclic) bond motifs is 3. The van der Waals surface area contributed by atoms with E-state index in [2.05, 4.69) is 169 Å². The molecule has 10 atom stereocenters. The number of carbonyl (C=O) groups excluding carboxylic acids is 6. The van der Waals surface area contributed by atoms with Gasteiger partial charge < -0.3 is 68.8 Å². The number of carboxylic acid groups (broad SMARTS) is 2. The van der Waals surface area contributed by atoms with Crippen LogP contribution < -0.4 is 21.3 Å². The molecule has 608 valence electrons. The Labute approximate surface area is 640 Å². The van der Waals surface area contributed by atoms with Crippen molar-refractivity contribution in [3.63, 3.8) is 0 Å². The Bertz CT molecular complexity index is 2950. The number of ether oxygens (including phenoxy) is 6. The van der Waals surface area contributed by atoms with Gasteiger partial charge in [-0.1, -0.05) is 173 Å². The number of aliphatic carboxylic acids is 2. The lowest BCUT2D eigenvalue weighted by Gasteiger charge is -2.42. The molecule has 0 radical (unpaired) electrons. The van der Waals surface area contributed by atoms with Gasteiger partial charge in [-0.2, -0.15) is 0 Å². The van der Waals surface area contributed by atoms with E-state index in [-0.39, 0.29) is 82.9 Å². The lowest BCUT2D eigenvalue weighted by Crippen LogP contribution is -2.53. The Morgan fingerprint density at radius 3 is 1.01 bits per heavy atom. The molecule has 2 heterocycles. The molecule has 24 heteroatoms. The van der Waals surface area contributed by atoms with Crippen molar-refractivity contribution in [1.82, 2.24) is 21.3 Å². The number of cyclic esters (lactones) is 2. The summed E-state index contributed by atoms with van der Waals surface area (Å²) >= 11 is 0. The maximum Gasteiger partial charge on any atom is 0.408 e. The first kappa shape index (κ1) is 97.8. The van der Waals surface area contributed by atoms with Crippen molar-refractivity contribution < 1.29 is 85.8 Å². The molecule has 4 unspecified atom stereocenters. The van der Waals surface area contributed by atoms with E-state index in [9.17, 15) is 48.6 Å². The van der Waals surface area contributed by atoms with Crippen molar-refractivity contribution in [3.05, 3.63) is 59.7 Å². The molecule has 2 saturated heterocycles. The number of nitrogens with one attached hydrogen (secondary N) is 4. The SMILES string of the molecule is CC.CC(C)CC(NC(=O)OC(C)(C)C)[C@@H]1CCC(=O)O1.CC(C)CC(NC(=O)OC(C)(C)C)[C@@H]1CCC(=O)O1.CC(C)CC(NC(=O)OC(C)(C)C)[C@H](C[C@@H](C)C(=O)O)O[Si](C)(C)C(C)(C)C.CC(C)CC(NC(=O)OCC1c2ccccc2-c2ccccc21)[C@H](C[C@@H](C)C(=O)O)O[Si](C)(C)C(C)(C)C. The molecule has 4 amide bonds. The number of benzene rings is 2. The van der Waals surface area contributed by atoms with E-state index in [4.69, 9.17) is 37.3 Å². The summed E-state index contributed by atoms with van der Waals surface area (Å²) in [6.07, 6.45) is 2.52. The molecule has 0 saturated carbocycles. The van der Waals surface area contributed by atoms with E-state index >= 15 is 0 Å². The topological polar surface area (TPSA) is 299 Å². The Hall–Kier alpha value is -6.25. The van der Waals surface area contributed by atoms with Crippen LogP contribution >= 0.6 is 0 Å². The standard InChI is InChI=1S/C31H45NO5Si.C21H43NO5Si.2C14H25NO4.C2H6/c1-20(2)17-27(28(18-21(3)29(33)34)37-38(7,8)31(4,5)6)32-30(35)36-19-26-24-15-11-9-13-22(24)23-14-10-12-16-25(23)26;1-14(2)12-16(22-19(25)26-20(4,5)6)17(13-15(3)18(23)24)27-28(10,11)21(7,8)9;2*1-9(2)8-10(11-6-7-12(16)18-11)15-13(17)19-14(3,4)5;1-2/h9-16,20-21,26-28H,17-19H2,1-8H3,(H,32,35)(H,33,34);14-17H,12-13H2,1-11H3,(H,22,25)(H,23,24);2*9-11H,6-8H2,1-5H3,(H,15,17);1-2H3/t21-,27?,28+;15-,16?,17+;2*10?,11-;/m1100./s1. The zero-order valence-corrected chi connectivity index (χ0v) is 73.0. The smallest absolute Gasteiger partial charge is 0.408 e.